The minimum absolute atomic E-state index is 0.396. The highest BCUT2D eigenvalue weighted by molar-refractivity contribution is 5.80. The average molecular weight is 1280 g/mol. The summed E-state index contributed by atoms with van der Waals surface area (Å²) >= 11 is 0. The van der Waals surface area contributed by atoms with Crippen LogP contribution >= 0.6 is 0 Å². The molecule has 500 valence electrons. The molecule has 0 aromatic heterocycles. The predicted molar refractivity (Wildman–Crippen MR) is 418 cm³/mol. The van der Waals surface area contributed by atoms with Crippen LogP contribution in [0.1, 0.15) is 217 Å². The third-order valence-electron chi connectivity index (χ3n) is 23.7. The molecule has 10 aliphatic carbocycles. The Morgan fingerprint density at radius 2 is 0.928 bits per heavy atom. The third-order valence-corrected chi connectivity index (χ3v) is 23.7. The highest BCUT2D eigenvalue weighted by atomic mass is 14.4. The summed E-state index contributed by atoms with van der Waals surface area (Å²) in [6.45, 7) is 16.3. The Bertz CT molecular complexity index is 4010. The maximum absolute atomic E-state index is 2.46. The van der Waals surface area contributed by atoms with E-state index < -0.39 is 0 Å². The molecule has 0 heteroatoms. The number of aryl methyl sites for hydroxylation is 4. The molecule has 0 amide bonds. The number of hydrogen-bond acceptors (Lipinski definition) is 0. The van der Waals surface area contributed by atoms with Crippen LogP contribution in [0.2, 0.25) is 0 Å². The number of hydrogen-bond donors (Lipinski definition) is 0. The maximum Gasteiger partial charge on any atom is 0.0281 e. The van der Waals surface area contributed by atoms with Crippen LogP contribution in [0.3, 0.4) is 0 Å². The normalized spacial score (nSPS) is 23.5. The number of rotatable bonds is 20. The number of fused-ring (bicyclic) bond motifs is 4. The van der Waals surface area contributed by atoms with Gasteiger partial charge in [0, 0.05) is 17.8 Å². The fourth-order valence-corrected chi connectivity index (χ4v) is 17.7. The van der Waals surface area contributed by atoms with Crippen LogP contribution < -0.4 is 0 Å². The lowest BCUT2D eigenvalue weighted by Crippen LogP contribution is -2.17. The van der Waals surface area contributed by atoms with E-state index in [1.807, 2.05) is 0 Å². The van der Waals surface area contributed by atoms with E-state index in [-0.39, 0.29) is 0 Å². The van der Waals surface area contributed by atoms with Crippen molar-refractivity contribution < 1.29 is 0 Å². The van der Waals surface area contributed by atoms with Crippen LogP contribution in [0.25, 0.3) is 11.1 Å². The van der Waals surface area contributed by atoms with E-state index in [2.05, 4.69) is 273 Å². The van der Waals surface area contributed by atoms with Gasteiger partial charge in [0.05, 0.1) is 0 Å². The van der Waals surface area contributed by atoms with Crippen LogP contribution in [0.4, 0.5) is 0 Å². The molecule has 2 saturated carbocycles. The van der Waals surface area contributed by atoms with E-state index in [0.717, 1.165) is 60.7 Å². The topological polar surface area (TPSA) is 0 Å². The monoisotopic (exact) mass is 1280 g/mol. The zero-order valence-corrected chi connectivity index (χ0v) is 60.2. The first-order valence-electron chi connectivity index (χ1n) is 38.6. The largest absolute Gasteiger partial charge is 0.0836 e. The van der Waals surface area contributed by atoms with Crippen LogP contribution in [-0.4, -0.2) is 0 Å². The Morgan fingerprint density at radius 3 is 1.45 bits per heavy atom. The molecular formula is C97H112. The van der Waals surface area contributed by atoms with Gasteiger partial charge in [-0.25, -0.2) is 0 Å². The first-order valence-corrected chi connectivity index (χ1v) is 38.6. The highest BCUT2D eigenvalue weighted by Gasteiger charge is 2.31. The van der Waals surface area contributed by atoms with Gasteiger partial charge in [-0.1, -0.05) is 297 Å². The molecule has 15 rings (SSSR count). The van der Waals surface area contributed by atoms with E-state index in [4.69, 9.17) is 0 Å². The van der Waals surface area contributed by atoms with Crippen molar-refractivity contribution in [2.24, 2.45) is 47.3 Å². The second-order valence-corrected chi connectivity index (χ2v) is 31.8. The second-order valence-electron chi connectivity index (χ2n) is 31.8. The zero-order valence-electron chi connectivity index (χ0n) is 60.2. The van der Waals surface area contributed by atoms with Gasteiger partial charge in [-0.15, -0.1) is 0 Å². The van der Waals surface area contributed by atoms with Crippen molar-refractivity contribution in [1.82, 2.24) is 0 Å². The molecule has 0 bridgehead atoms. The molecule has 0 saturated heterocycles. The molecule has 97 heavy (non-hydrogen) atoms. The Hall–Kier alpha value is -7.54. The summed E-state index contributed by atoms with van der Waals surface area (Å²) in [6, 6.07) is 44.7. The molecule has 0 nitrogen and oxygen atoms in total. The summed E-state index contributed by atoms with van der Waals surface area (Å²) in [4.78, 5) is 0. The lowest BCUT2D eigenvalue weighted by atomic mass is 9.74. The van der Waals surface area contributed by atoms with E-state index in [1.165, 1.54) is 217 Å². The first kappa shape index (κ1) is 68.0. The van der Waals surface area contributed by atoms with Gasteiger partial charge in [0.2, 0.25) is 0 Å². The summed E-state index contributed by atoms with van der Waals surface area (Å²) in [6.07, 6.45) is 70.5. The molecular weight excluding hydrogens is 1170 g/mol. The van der Waals surface area contributed by atoms with Gasteiger partial charge in [-0.2, -0.15) is 0 Å². The smallest absolute Gasteiger partial charge is 0.0281 e. The lowest BCUT2D eigenvalue weighted by molar-refractivity contribution is 0.259. The summed E-state index contributed by atoms with van der Waals surface area (Å²) < 4.78 is 0. The maximum atomic E-state index is 2.46. The Morgan fingerprint density at radius 1 is 0.423 bits per heavy atom. The molecule has 3 unspecified atom stereocenters. The lowest BCUT2D eigenvalue weighted by Gasteiger charge is -2.31. The van der Waals surface area contributed by atoms with Gasteiger partial charge < -0.3 is 0 Å². The summed E-state index contributed by atoms with van der Waals surface area (Å²) in [7, 11) is 0. The molecule has 5 aromatic rings. The molecule has 0 spiro atoms. The van der Waals surface area contributed by atoms with Gasteiger partial charge in [-0.05, 0) is 275 Å². The third kappa shape index (κ3) is 17.1. The summed E-state index contributed by atoms with van der Waals surface area (Å²) in [5.41, 5.74) is 30.7. The number of benzene rings is 5. The molecule has 5 aromatic carbocycles. The average Bonchev–Trinajstić information content (AvgIpc) is 1.73. The Balaban J connectivity index is 0.000000131. The van der Waals surface area contributed by atoms with Gasteiger partial charge in [-0.3, -0.25) is 0 Å². The summed E-state index contributed by atoms with van der Waals surface area (Å²) in [5.74, 6) is 7.20. The zero-order chi connectivity index (χ0) is 66.6. The number of allylic oxidation sites excluding steroid dienone is 28. The Labute approximate surface area is 586 Å². The molecule has 0 aliphatic heterocycles. The SMILES string of the molecule is CC(C)CCC1CCC(c2ccc(CC3=CC=C(C4=CCCC=C4)C4C=CC=C34)cc2)CC1.CC(C)CCCCc1ccc(CC2=CC=C(c3ccc4c(c3)CCC4)C3C=CC=C23)cc1.Cc1cccc(C2=CC=C(Cc3ccc(C4CCC(C(C)C)CC4)cc3)C3=CC=CC32)c1. The minimum Gasteiger partial charge on any atom is -0.0836 e. The van der Waals surface area contributed by atoms with E-state index in [9.17, 15) is 0 Å². The number of unbranched alkanes of at least 4 members (excludes halogenated alkanes) is 1. The van der Waals surface area contributed by atoms with Crippen LogP contribution in [0, 0.1) is 54.3 Å². The quantitative estimate of drug-likeness (QED) is 0.0682. The van der Waals surface area contributed by atoms with Crippen molar-refractivity contribution in [2.75, 3.05) is 0 Å². The van der Waals surface area contributed by atoms with Crippen molar-refractivity contribution in [3.8, 4) is 0 Å². The fraction of sp³-hybridized carbons (Fsp3) is 0.402. The predicted octanol–water partition coefficient (Wildman–Crippen LogP) is 26.0. The molecule has 0 radical (unpaired) electrons. The molecule has 0 N–H and O–H groups in total. The second kappa shape index (κ2) is 32.4. The van der Waals surface area contributed by atoms with Crippen LogP contribution in [0.15, 0.2) is 269 Å². The first-order chi connectivity index (χ1) is 47.4. The van der Waals surface area contributed by atoms with Gasteiger partial charge >= 0.3 is 0 Å². The van der Waals surface area contributed by atoms with Crippen LogP contribution in [0.5, 0.6) is 0 Å². The van der Waals surface area contributed by atoms with Gasteiger partial charge in [0.25, 0.3) is 0 Å². The van der Waals surface area contributed by atoms with Gasteiger partial charge in [0.1, 0.15) is 0 Å². The molecule has 0 heterocycles. The van der Waals surface area contributed by atoms with Crippen molar-refractivity contribution in [3.05, 3.63) is 330 Å². The van der Waals surface area contributed by atoms with E-state index in [0.29, 0.717) is 17.8 Å². The molecule has 3 atom stereocenters. The van der Waals surface area contributed by atoms with Crippen molar-refractivity contribution >= 4 is 11.1 Å². The van der Waals surface area contributed by atoms with Crippen molar-refractivity contribution in [2.45, 2.75) is 202 Å². The minimum atomic E-state index is 0.396. The summed E-state index contributed by atoms with van der Waals surface area (Å²) in [5, 5.41) is 0. The van der Waals surface area contributed by atoms with Crippen molar-refractivity contribution in [1.29, 1.82) is 0 Å². The van der Waals surface area contributed by atoms with E-state index in [1.54, 1.807) is 22.3 Å². The molecule has 2 fully saturated rings. The standard InChI is InChI=1S/C33H40.2C32H36/c1-24(2)11-12-25-13-17-27(18-14-25)28-19-15-26(16-20-28)23-30-21-22-32(29-7-4-3-5-8-29)33-10-6-9-31(30)33;1-22(2)25-14-16-27(17-15-25)26-12-10-24(11-13-26)21-29-18-19-31(32-9-5-8-30(29)32)28-7-4-6-23(3)20-28;1-23(2)7-3-4-8-24-13-15-25(16-14-24)21-28-19-20-31(32-12-6-11-30(28)32)29-18-17-26-9-5-10-27(26)22-29/h4,6-10,15-16,19-22,24-25,27,33H,3,5,11-14,17-18,23H2,1-2H3;4-13,18-20,22,25,27,32H,14-17,21H2,1-3H3;6,11-20,22-23,32H,3-5,7-10,21H2,1-2H3. The Kier molecular flexibility index (Phi) is 22.7. The molecule has 10 aliphatic rings. The van der Waals surface area contributed by atoms with Crippen LogP contribution in [-0.2, 0) is 38.5 Å². The van der Waals surface area contributed by atoms with Crippen molar-refractivity contribution in [3.63, 3.8) is 0 Å². The fourth-order valence-electron chi connectivity index (χ4n) is 17.7. The van der Waals surface area contributed by atoms with Gasteiger partial charge in [0.15, 0.2) is 0 Å². The van der Waals surface area contributed by atoms with E-state index >= 15 is 0 Å². The highest BCUT2D eigenvalue weighted by Crippen LogP contribution is 2.46.